The molecular formula is C15H28N2O2. The van der Waals surface area contributed by atoms with Gasteiger partial charge < -0.3 is 9.47 Å². The first-order chi connectivity index (χ1) is 9.24. The van der Waals surface area contributed by atoms with Crippen LogP contribution in [0.1, 0.15) is 39.0 Å². The predicted octanol–water partition coefficient (Wildman–Crippen LogP) is 2.44. The Hall–Kier alpha value is -0.630. The van der Waals surface area contributed by atoms with E-state index in [9.17, 15) is 5.26 Å². The van der Waals surface area contributed by atoms with E-state index >= 15 is 0 Å². The fourth-order valence-corrected chi connectivity index (χ4v) is 3.08. The zero-order valence-corrected chi connectivity index (χ0v) is 12.6. The lowest BCUT2D eigenvalue weighted by atomic mass is 9.93. The molecule has 1 aliphatic carbocycles. The Morgan fingerprint density at radius 2 is 1.95 bits per heavy atom. The molecule has 19 heavy (non-hydrogen) atoms. The third-order valence-electron chi connectivity index (χ3n) is 4.10. The van der Waals surface area contributed by atoms with Crippen LogP contribution in [-0.2, 0) is 9.47 Å². The van der Waals surface area contributed by atoms with Crippen LogP contribution in [0.2, 0.25) is 0 Å². The van der Waals surface area contributed by atoms with Gasteiger partial charge in [0.05, 0.1) is 25.2 Å². The second-order valence-electron chi connectivity index (χ2n) is 5.48. The van der Waals surface area contributed by atoms with Crippen LogP contribution in [0.5, 0.6) is 0 Å². The van der Waals surface area contributed by atoms with Crippen molar-refractivity contribution >= 4 is 0 Å². The largest absolute Gasteiger partial charge is 0.383 e. The summed E-state index contributed by atoms with van der Waals surface area (Å²) in [4.78, 5) is 2.42. The monoisotopic (exact) mass is 268 g/mol. The topological polar surface area (TPSA) is 45.5 Å². The van der Waals surface area contributed by atoms with Crippen LogP contribution in [-0.4, -0.2) is 51.0 Å². The highest BCUT2D eigenvalue weighted by atomic mass is 16.5. The summed E-state index contributed by atoms with van der Waals surface area (Å²) in [6.45, 7) is 4.48. The van der Waals surface area contributed by atoms with Gasteiger partial charge in [-0.1, -0.05) is 19.3 Å². The molecule has 0 heterocycles. The van der Waals surface area contributed by atoms with E-state index < -0.39 is 0 Å². The summed E-state index contributed by atoms with van der Waals surface area (Å²) in [5.41, 5.74) is 0. The number of rotatable bonds is 7. The van der Waals surface area contributed by atoms with Gasteiger partial charge in [-0.15, -0.1) is 0 Å². The quantitative estimate of drug-likeness (QED) is 0.665. The summed E-state index contributed by atoms with van der Waals surface area (Å²) >= 11 is 0. The summed E-state index contributed by atoms with van der Waals surface area (Å²) in [6, 6.07) is 3.21. The van der Waals surface area contributed by atoms with Crippen molar-refractivity contribution in [2.24, 2.45) is 5.92 Å². The Balaban J connectivity index is 2.76. The van der Waals surface area contributed by atoms with E-state index in [1.54, 1.807) is 14.2 Å². The molecule has 0 N–H and O–H groups in total. The molecule has 0 spiro atoms. The zero-order valence-electron chi connectivity index (χ0n) is 12.6. The predicted molar refractivity (Wildman–Crippen MR) is 75.9 cm³/mol. The highest BCUT2D eigenvalue weighted by molar-refractivity contribution is 4.95. The van der Waals surface area contributed by atoms with Gasteiger partial charge in [0.25, 0.3) is 0 Å². The third-order valence-corrected chi connectivity index (χ3v) is 4.10. The molecule has 1 fully saturated rings. The molecular weight excluding hydrogens is 240 g/mol. The van der Waals surface area contributed by atoms with Gasteiger partial charge in [-0.25, -0.2) is 0 Å². The molecule has 4 nitrogen and oxygen atoms in total. The van der Waals surface area contributed by atoms with Crippen molar-refractivity contribution in [2.45, 2.75) is 51.1 Å². The minimum absolute atomic E-state index is 0.152. The lowest BCUT2D eigenvalue weighted by molar-refractivity contribution is 0.0328. The molecule has 3 atom stereocenters. The van der Waals surface area contributed by atoms with E-state index in [0.717, 1.165) is 19.4 Å². The van der Waals surface area contributed by atoms with E-state index in [4.69, 9.17) is 9.47 Å². The van der Waals surface area contributed by atoms with Crippen LogP contribution in [0.4, 0.5) is 0 Å². The number of methoxy groups -OCH3 is 2. The van der Waals surface area contributed by atoms with Gasteiger partial charge >= 0.3 is 0 Å². The lowest BCUT2D eigenvalue weighted by Gasteiger charge is -2.37. The molecule has 0 aromatic heterocycles. The number of ether oxygens (including phenoxy) is 2. The van der Waals surface area contributed by atoms with Crippen molar-refractivity contribution in [1.29, 1.82) is 5.26 Å². The molecule has 0 aromatic carbocycles. The Morgan fingerprint density at radius 1 is 1.21 bits per heavy atom. The summed E-state index contributed by atoms with van der Waals surface area (Å²) in [7, 11) is 3.47. The average molecular weight is 268 g/mol. The lowest BCUT2D eigenvalue weighted by Crippen LogP contribution is -2.48. The van der Waals surface area contributed by atoms with Crippen LogP contribution in [0, 0.1) is 17.2 Å². The second kappa shape index (κ2) is 9.30. The van der Waals surface area contributed by atoms with Gasteiger partial charge in [-0.3, -0.25) is 4.90 Å². The number of hydrogen-bond donors (Lipinski definition) is 0. The zero-order chi connectivity index (χ0) is 14.1. The average Bonchev–Trinajstić information content (AvgIpc) is 2.65. The van der Waals surface area contributed by atoms with Crippen molar-refractivity contribution in [1.82, 2.24) is 4.90 Å². The first-order valence-electron chi connectivity index (χ1n) is 7.37. The van der Waals surface area contributed by atoms with Crippen molar-refractivity contribution in [3.63, 3.8) is 0 Å². The molecule has 110 valence electrons. The Bertz CT molecular complexity index is 278. The SMILES string of the molecule is COCCN(C(C)COC)C1CCCCCC1C#N. The molecule has 1 aliphatic rings. The van der Waals surface area contributed by atoms with E-state index in [0.29, 0.717) is 25.3 Å². The van der Waals surface area contributed by atoms with Crippen molar-refractivity contribution in [2.75, 3.05) is 34.0 Å². The minimum Gasteiger partial charge on any atom is -0.383 e. The first-order valence-corrected chi connectivity index (χ1v) is 7.37. The van der Waals surface area contributed by atoms with E-state index in [1.165, 1.54) is 19.3 Å². The number of nitrogens with zero attached hydrogens (tertiary/aromatic N) is 2. The van der Waals surface area contributed by atoms with E-state index in [-0.39, 0.29) is 5.92 Å². The first kappa shape index (κ1) is 16.4. The summed E-state index contributed by atoms with van der Waals surface area (Å²) in [5, 5.41) is 9.43. The van der Waals surface area contributed by atoms with E-state index in [1.807, 2.05) is 0 Å². The third kappa shape index (κ3) is 5.10. The van der Waals surface area contributed by atoms with Gasteiger partial charge in [-0.05, 0) is 19.8 Å². The van der Waals surface area contributed by atoms with Crippen LogP contribution in [0.15, 0.2) is 0 Å². The maximum absolute atomic E-state index is 9.43. The molecule has 3 unspecified atom stereocenters. The van der Waals surface area contributed by atoms with Gasteiger partial charge in [0.2, 0.25) is 0 Å². The molecule has 0 amide bonds. The smallest absolute Gasteiger partial charge is 0.0672 e. The summed E-state index contributed by atoms with van der Waals surface area (Å²) < 4.78 is 10.5. The Labute approximate surface area is 117 Å². The van der Waals surface area contributed by atoms with Crippen LogP contribution in [0.25, 0.3) is 0 Å². The van der Waals surface area contributed by atoms with Crippen molar-refractivity contribution < 1.29 is 9.47 Å². The highest BCUT2D eigenvalue weighted by Crippen LogP contribution is 2.28. The van der Waals surface area contributed by atoms with Crippen LogP contribution < -0.4 is 0 Å². The highest BCUT2D eigenvalue weighted by Gasteiger charge is 2.31. The summed E-state index contributed by atoms with van der Waals surface area (Å²) in [6.07, 6.45) is 5.82. The molecule has 1 rings (SSSR count). The number of nitriles is 1. The minimum atomic E-state index is 0.152. The Kier molecular flexibility index (Phi) is 8.04. The maximum Gasteiger partial charge on any atom is 0.0672 e. The fourth-order valence-electron chi connectivity index (χ4n) is 3.08. The van der Waals surface area contributed by atoms with Crippen molar-refractivity contribution in [3.05, 3.63) is 0 Å². The second-order valence-corrected chi connectivity index (χ2v) is 5.48. The number of hydrogen-bond acceptors (Lipinski definition) is 4. The van der Waals surface area contributed by atoms with Crippen LogP contribution in [0.3, 0.4) is 0 Å². The van der Waals surface area contributed by atoms with Gasteiger partial charge in [-0.2, -0.15) is 5.26 Å². The van der Waals surface area contributed by atoms with Gasteiger partial charge in [0, 0.05) is 32.8 Å². The molecule has 4 heteroatoms. The van der Waals surface area contributed by atoms with Gasteiger partial charge in [0.1, 0.15) is 0 Å². The molecule has 0 saturated heterocycles. The standard InChI is InChI=1S/C15H28N2O2/c1-13(12-19-3)17(9-10-18-2)15-8-6-4-5-7-14(15)11-16/h13-15H,4-10,12H2,1-3H3. The molecule has 0 radical (unpaired) electrons. The molecule has 0 bridgehead atoms. The normalized spacial score (nSPS) is 25.8. The maximum atomic E-state index is 9.43. The Morgan fingerprint density at radius 3 is 2.58 bits per heavy atom. The van der Waals surface area contributed by atoms with E-state index in [2.05, 4.69) is 17.9 Å². The molecule has 0 aromatic rings. The van der Waals surface area contributed by atoms with Crippen molar-refractivity contribution in [3.8, 4) is 6.07 Å². The molecule has 1 saturated carbocycles. The molecule has 0 aliphatic heterocycles. The van der Waals surface area contributed by atoms with Crippen LogP contribution >= 0.6 is 0 Å². The summed E-state index contributed by atoms with van der Waals surface area (Å²) in [5.74, 6) is 0.152. The fraction of sp³-hybridized carbons (Fsp3) is 0.933. The van der Waals surface area contributed by atoms with Gasteiger partial charge in [0.15, 0.2) is 0 Å².